The number of hydrogen-bond acceptors (Lipinski definition) is 3. The monoisotopic (exact) mass is 415 g/mol. The lowest BCUT2D eigenvalue weighted by molar-refractivity contribution is 0.284. The third-order valence-corrected chi connectivity index (χ3v) is 4.97. The van der Waals surface area contributed by atoms with Crippen LogP contribution in [-0.4, -0.2) is 13.7 Å². The Morgan fingerprint density at radius 2 is 1.68 bits per heavy atom. The topological polar surface area (TPSA) is 30.5 Å². The van der Waals surface area contributed by atoms with Crippen LogP contribution < -0.4 is 14.8 Å². The molecule has 0 aromatic heterocycles. The molecule has 3 aromatic carbocycles. The molecule has 3 rings (SSSR count). The van der Waals surface area contributed by atoms with E-state index in [9.17, 15) is 0 Å². The molecule has 3 aromatic rings. The van der Waals surface area contributed by atoms with E-state index in [0.717, 1.165) is 47.7 Å². The molecule has 0 saturated heterocycles. The molecule has 0 aliphatic carbocycles. The van der Waals surface area contributed by atoms with Gasteiger partial charge in [0.25, 0.3) is 0 Å². The van der Waals surface area contributed by atoms with Crippen LogP contribution in [0.15, 0.2) is 66.7 Å². The fraction of sp³-hybridized carbons (Fsp3) is 0.217. The Kier molecular flexibility index (Phi) is 7.61. The van der Waals surface area contributed by atoms with E-state index < -0.39 is 0 Å². The predicted octanol–water partition coefficient (Wildman–Crippen LogP) is 5.91. The minimum Gasteiger partial charge on any atom is -0.493 e. The minimum absolute atomic E-state index is 0.503. The average Bonchev–Trinajstić information content (AvgIpc) is 2.72. The Balaban J connectivity index is 1.55. The number of ether oxygens (including phenoxy) is 2. The molecule has 0 aliphatic heterocycles. The van der Waals surface area contributed by atoms with Crippen molar-refractivity contribution in [2.45, 2.75) is 19.6 Å². The smallest absolute Gasteiger partial charge is 0.161 e. The number of nitrogens with one attached hydrogen (secondary N) is 1. The van der Waals surface area contributed by atoms with Gasteiger partial charge in [-0.15, -0.1) is 0 Å². The van der Waals surface area contributed by atoms with Gasteiger partial charge in [-0.3, -0.25) is 0 Å². The summed E-state index contributed by atoms with van der Waals surface area (Å²) in [4.78, 5) is 0. The second-order valence-electron chi connectivity index (χ2n) is 6.42. The molecule has 0 unspecified atom stereocenters. The average molecular weight is 416 g/mol. The summed E-state index contributed by atoms with van der Waals surface area (Å²) in [5, 5.41) is 4.80. The first-order valence-electron chi connectivity index (χ1n) is 9.14. The van der Waals surface area contributed by atoms with Crippen LogP contribution in [0.1, 0.15) is 16.7 Å². The van der Waals surface area contributed by atoms with Crippen molar-refractivity contribution >= 4 is 23.2 Å². The van der Waals surface area contributed by atoms with E-state index in [1.807, 2.05) is 60.7 Å². The van der Waals surface area contributed by atoms with Gasteiger partial charge >= 0.3 is 0 Å². The van der Waals surface area contributed by atoms with Gasteiger partial charge in [0.1, 0.15) is 6.61 Å². The van der Waals surface area contributed by atoms with Gasteiger partial charge in [0, 0.05) is 16.6 Å². The van der Waals surface area contributed by atoms with Crippen molar-refractivity contribution in [3.8, 4) is 11.5 Å². The first-order chi connectivity index (χ1) is 13.7. The van der Waals surface area contributed by atoms with Crippen LogP contribution in [0.5, 0.6) is 11.5 Å². The first-order valence-corrected chi connectivity index (χ1v) is 9.89. The summed E-state index contributed by atoms with van der Waals surface area (Å²) in [7, 11) is 1.65. The van der Waals surface area contributed by atoms with Crippen molar-refractivity contribution in [3.05, 3.63) is 93.5 Å². The lowest BCUT2D eigenvalue weighted by atomic mass is 10.1. The number of rotatable bonds is 9. The van der Waals surface area contributed by atoms with Gasteiger partial charge in [0.05, 0.1) is 7.11 Å². The van der Waals surface area contributed by atoms with Gasteiger partial charge in [0.2, 0.25) is 0 Å². The molecule has 0 atom stereocenters. The molecule has 3 nitrogen and oxygen atoms in total. The maximum Gasteiger partial charge on any atom is 0.161 e. The molecular weight excluding hydrogens is 393 g/mol. The predicted molar refractivity (Wildman–Crippen MR) is 116 cm³/mol. The van der Waals surface area contributed by atoms with E-state index in [1.165, 1.54) is 0 Å². The summed E-state index contributed by atoms with van der Waals surface area (Å²) < 4.78 is 11.4. The normalized spacial score (nSPS) is 10.7. The standard InChI is InChI=1S/C23H23Cl2NO2/c1-27-22-10-7-18(13-23(22)28-16-17-5-3-2-4-6-17)15-26-12-11-19-8-9-20(24)14-21(19)25/h2-10,13-14,26H,11-12,15-16H2,1H3. The van der Waals surface area contributed by atoms with Crippen LogP contribution in [0.2, 0.25) is 10.0 Å². The van der Waals surface area contributed by atoms with Crippen LogP contribution in [-0.2, 0) is 19.6 Å². The molecule has 0 aliphatic rings. The Labute approximate surface area is 176 Å². The third-order valence-electron chi connectivity index (χ3n) is 4.38. The van der Waals surface area contributed by atoms with E-state index in [1.54, 1.807) is 13.2 Å². The van der Waals surface area contributed by atoms with Crippen LogP contribution in [0.25, 0.3) is 0 Å². The van der Waals surface area contributed by atoms with E-state index >= 15 is 0 Å². The van der Waals surface area contributed by atoms with Crippen molar-refractivity contribution in [1.29, 1.82) is 0 Å². The Bertz CT molecular complexity index is 900. The lowest BCUT2D eigenvalue weighted by Gasteiger charge is -2.13. The fourth-order valence-corrected chi connectivity index (χ4v) is 3.36. The Hall–Kier alpha value is -2.20. The van der Waals surface area contributed by atoms with E-state index in [2.05, 4.69) is 5.32 Å². The Morgan fingerprint density at radius 3 is 2.43 bits per heavy atom. The Morgan fingerprint density at radius 1 is 0.857 bits per heavy atom. The van der Waals surface area contributed by atoms with Gasteiger partial charge in [-0.05, 0) is 53.9 Å². The molecule has 146 valence electrons. The van der Waals surface area contributed by atoms with Gasteiger partial charge in [0.15, 0.2) is 11.5 Å². The summed E-state index contributed by atoms with van der Waals surface area (Å²) in [5.74, 6) is 1.47. The zero-order valence-electron chi connectivity index (χ0n) is 15.8. The van der Waals surface area contributed by atoms with Gasteiger partial charge in [-0.2, -0.15) is 0 Å². The number of halogens is 2. The summed E-state index contributed by atoms with van der Waals surface area (Å²) in [5.41, 5.74) is 3.33. The molecule has 0 radical (unpaired) electrons. The molecule has 1 N–H and O–H groups in total. The highest BCUT2D eigenvalue weighted by atomic mass is 35.5. The van der Waals surface area contributed by atoms with Crippen LogP contribution in [0.3, 0.4) is 0 Å². The summed E-state index contributed by atoms with van der Waals surface area (Å²) in [6.45, 7) is 2.05. The molecular formula is C23H23Cl2NO2. The molecule has 0 fully saturated rings. The maximum absolute atomic E-state index is 6.22. The number of methoxy groups -OCH3 is 1. The zero-order valence-corrected chi connectivity index (χ0v) is 17.3. The molecule has 0 spiro atoms. The highest BCUT2D eigenvalue weighted by Gasteiger charge is 2.07. The summed E-state index contributed by atoms with van der Waals surface area (Å²) >= 11 is 12.2. The second kappa shape index (κ2) is 10.4. The fourth-order valence-electron chi connectivity index (χ4n) is 2.86. The summed E-state index contributed by atoms with van der Waals surface area (Å²) in [6.07, 6.45) is 0.837. The van der Waals surface area contributed by atoms with Crippen LogP contribution in [0, 0.1) is 0 Å². The quantitative estimate of drug-likeness (QED) is 0.440. The molecule has 0 bridgehead atoms. The van der Waals surface area contributed by atoms with Crippen molar-refractivity contribution in [3.63, 3.8) is 0 Å². The molecule has 0 amide bonds. The second-order valence-corrected chi connectivity index (χ2v) is 7.27. The van der Waals surface area contributed by atoms with Gasteiger partial charge < -0.3 is 14.8 Å². The third kappa shape index (κ3) is 5.90. The minimum atomic E-state index is 0.503. The van der Waals surface area contributed by atoms with Crippen molar-refractivity contribution < 1.29 is 9.47 Å². The SMILES string of the molecule is COc1ccc(CNCCc2ccc(Cl)cc2Cl)cc1OCc1ccccc1. The molecule has 5 heteroatoms. The van der Waals surface area contributed by atoms with E-state index in [-0.39, 0.29) is 0 Å². The zero-order chi connectivity index (χ0) is 19.8. The number of benzene rings is 3. The van der Waals surface area contributed by atoms with Crippen LogP contribution >= 0.6 is 23.2 Å². The van der Waals surface area contributed by atoms with Crippen molar-refractivity contribution in [2.24, 2.45) is 0 Å². The summed E-state index contributed by atoms with van der Waals surface area (Å²) in [6, 6.07) is 21.7. The molecule has 28 heavy (non-hydrogen) atoms. The van der Waals surface area contributed by atoms with Gasteiger partial charge in [-0.25, -0.2) is 0 Å². The van der Waals surface area contributed by atoms with Crippen molar-refractivity contribution in [1.82, 2.24) is 5.32 Å². The van der Waals surface area contributed by atoms with E-state index in [0.29, 0.717) is 16.7 Å². The molecule has 0 heterocycles. The highest BCUT2D eigenvalue weighted by molar-refractivity contribution is 6.35. The van der Waals surface area contributed by atoms with Crippen LogP contribution in [0.4, 0.5) is 0 Å². The van der Waals surface area contributed by atoms with Gasteiger partial charge in [-0.1, -0.05) is 65.7 Å². The van der Waals surface area contributed by atoms with Crippen molar-refractivity contribution in [2.75, 3.05) is 13.7 Å². The lowest BCUT2D eigenvalue weighted by Crippen LogP contribution is -2.17. The first kappa shape index (κ1) is 20.5. The maximum atomic E-state index is 6.22. The number of hydrogen-bond donors (Lipinski definition) is 1. The highest BCUT2D eigenvalue weighted by Crippen LogP contribution is 2.29. The van der Waals surface area contributed by atoms with E-state index in [4.69, 9.17) is 32.7 Å². The molecule has 0 saturated carbocycles. The largest absolute Gasteiger partial charge is 0.493 e.